The van der Waals surface area contributed by atoms with Gasteiger partial charge in [0.2, 0.25) is 5.82 Å². The number of nitrogen functional groups attached to an aromatic ring is 1. The third-order valence-electron chi connectivity index (χ3n) is 4.68. The van der Waals surface area contributed by atoms with E-state index in [-0.39, 0.29) is 5.41 Å². The third kappa shape index (κ3) is 2.36. The van der Waals surface area contributed by atoms with Crippen LogP contribution < -0.4 is 5.73 Å². The van der Waals surface area contributed by atoms with E-state index >= 15 is 0 Å². The Kier molecular flexibility index (Phi) is 3.15. The van der Waals surface area contributed by atoms with Gasteiger partial charge in [-0.25, -0.2) is 4.98 Å². The minimum atomic E-state index is -4.45. The predicted molar refractivity (Wildman–Crippen MR) is 75.7 cm³/mol. The molecule has 3 nitrogen and oxygen atoms in total. The van der Waals surface area contributed by atoms with E-state index in [0.717, 1.165) is 25.7 Å². The van der Waals surface area contributed by atoms with Crippen molar-refractivity contribution in [1.29, 1.82) is 0 Å². The van der Waals surface area contributed by atoms with Gasteiger partial charge >= 0.3 is 6.18 Å². The van der Waals surface area contributed by atoms with E-state index in [1.165, 1.54) is 10.6 Å². The summed E-state index contributed by atoms with van der Waals surface area (Å²) < 4.78 is 41.2. The summed E-state index contributed by atoms with van der Waals surface area (Å²) in [6.07, 6.45) is -0.509. The molecule has 0 aliphatic heterocycles. The first-order valence-corrected chi connectivity index (χ1v) is 7.18. The molecule has 0 amide bonds. The Hall–Kier alpha value is -1.72. The summed E-state index contributed by atoms with van der Waals surface area (Å²) in [7, 11) is 0. The van der Waals surface area contributed by atoms with Gasteiger partial charge in [-0.1, -0.05) is 13.3 Å². The first kappa shape index (κ1) is 14.2. The van der Waals surface area contributed by atoms with E-state index in [0.29, 0.717) is 23.3 Å². The molecule has 0 spiro atoms. The van der Waals surface area contributed by atoms with Crippen LogP contribution in [0.1, 0.15) is 38.4 Å². The lowest BCUT2D eigenvalue weighted by molar-refractivity contribution is -0.148. The number of nitrogens with zero attached hydrogens (tertiary/aromatic N) is 2. The normalized spacial score (nSPS) is 17.9. The number of hydrogen-bond acceptors (Lipinski definition) is 2. The average Bonchev–Trinajstić information content (AvgIpc) is 2.71. The summed E-state index contributed by atoms with van der Waals surface area (Å²) in [5, 5.41) is 0. The van der Waals surface area contributed by atoms with Crippen molar-refractivity contribution in [2.45, 2.75) is 45.3 Å². The molecule has 0 saturated heterocycles. The lowest BCUT2D eigenvalue weighted by atomic mass is 9.67. The second kappa shape index (κ2) is 4.64. The first-order chi connectivity index (χ1) is 9.85. The third-order valence-corrected chi connectivity index (χ3v) is 4.68. The molecule has 3 rings (SSSR count). The highest BCUT2D eigenvalue weighted by atomic mass is 19.4. The largest absolute Gasteiger partial charge is 0.449 e. The number of aromatic nitrogens is 2. The molecule has 1 saturated carbocycles. The number of hydrogen-bond donors (Lipinski definition) is 1. The molecule has 1 aliphatic carbocycles. The topological polar surface area (TPSA) is 43.8 Å². The lowest BCUT2D eigenvalue weighted by Crippen LogP contribution is -2.34. The molecule has 114 valence electrons. The summed E-state index contributed by atoms with van der Waals surface area (Å²) in [5.41, 5.74) is 6.88. The molecule has 0 atom stereocenters. The predicted octanol–water partition coefficient (Wildman–Crippen LogP) is 4.22. The fraction of sp³-hybridized carbons (Fsp3) is 0.533. The van der Waals surface area contributed by atoms with Crippen LogP contribution in [-0.4, -0.2) is 9.55 Å². The van der Waals surface area contributed by atoms with E-state index in [1.807, 2.05) is 6.92 Å². The number of imidazole rings is 1. The summed E-state index contributed by atoms with van der Waals surface area (Å²) in [4.78, 5) is 3.78. The second-order valence-corrected chi connectivity index (χ2v) is 5.97. The number of nitrogens with two attached hydrogens (primary N) is 1. The zero-order chi connectivity index (χ0) is 15.3. The van der Waals surface area contributed by atoms with E-state index in [1.54, 1.807) is 12.1 Å². The van der Waals surface area contributed by atoms with Crippen LogP contribution in [0.3, 0.4) is 0 Å². The molecule has 0 radical (unpaired) electrons. The molecule has 1 aromatic carbocycles. The van der Waals surface area contributed by atoms with Crippen LogP contribution >= 0.6 is 0 Å². The van der Waals surface area contributed by atoms with Crippen LogP contribution in [0.15, 0.2) is 18.2 Å². The average molecular weight is 297 g/mol. The van der Waals surface area contributed by atoms with Crippen LogP contribution in [-0.2, 0) is 12.7 Å². The number of fused-ring (bicyclic) bond motifs is 1. The van der Waals surface area contributed by atoms with Crippen molar-refractivity contribution in [3.05, 3.63) is 24.0 Å². The fourth-order valence-electron chi connectivity index (χ4n) is 3.16. The van der Waals surface area contributed by atoms with Gasteiger partial charge in [-0.3, -0.25) is 0 Å². The number of halogens is 3. The van der Waals surface area contributed by atoms with Crippen molar-refractivity contribution in [1.82, 2.24) is 9.55 Å². The Morgan fingerprint density at radius 1 is 1.33 bits per heavy atom. The molecule has 6 heteroatoms. The number of anilines is 1. The maximum Gasteiger partial charge on any atom is 0.449 e. The Morgan fingerprint density at radius 3 is 2.57 bits per heavy atom. The highest BCUT2D eigenvalue weighted by Gasteiger charge is 2.41. The first-order valence-electron chi connectivity index (χ1n) is 7.18. The van der Waals surface area contributed by atoms with Crippen LogP contribution in [0.5, 0.6) is 0 Å². The minimum absolute atomic E-state index is 0.0188. The van der Waals surface area contributed by atoms with Crippen LogP contribution in [0.25, 0.3) is 11.0 Å². The van der Waals surface area contributed by atoms with Gasteiger partial charge in [0.15, 0.2) is 0 Å². The zero-order valence-electron chi connectivity index (χ0n) is 11.9. The SMILES string of the molecule is CCC1(Cn2c(C(F)(F)F)nc3cc(N)ccc32)CCC1. The summed E-state index contributed by atoms with van der Waals surface area (Å²) in [5.74, 6) is -0.817. The van der Waals surface area contributed by atoms with E-state index < -0.39 is 12.0 Å². The second-order valence-electron chi connectivity index (χ2n) is 5.97. The fourth-order valence-corrected chi connectivity index (χ4v) is 3.16. The van der Waals surface area contributed by atoms with Crippen molar-refractivity contribution < 1.29 is 13.2 Å². The van der Waals surface area contributed by atoms with Crippen LogP contribution in [0.4, 0.5) is 18.9 Å². The highest BCUT2D eigenvalue weighted by molar-refractivity contribution is 5.79. The molecular formula is C15H18F3N3. The Labute approximate surface area is 121 Å². The van der Waals surface area contributed by atoms with Gasteiger partial charge < -0.3 is 10.3 Å². The molecule has 2 N–H and O–H groups in total. The van der Waals surface area contributed by atoms with Gasteiger partial charge in [-0.15, -0.1) is 0 Å². The highest BCUT2D eigenvalue weighted by Crippen LogP contribution is 2.46. The van der Waals surface area contributed by atoms with Crippen molar-refractivity contribution in [3.63, 3.8) is 0 Å². The molecule has 2 aromatic rings. The standard InChI is InChI=1S/C15H18F3N3/c1-2-14(6-3-7-14)9-21-12-5-4-10(19)8-11(12)20-13(21)15(16,17)18/h4-5,8H,2-3,6-7,9,19H2,1H3. The van der Waals surface area contributed by atoms with Gasteiger partial charge in [0.1, 0.15) is 0 Å². The van der Waals surface area contributed by atoms with Gasteiger partial charge in [-0.2, -0.15) is 13.2 Å². The lowest BCUT2D eigenvalue weighted by Gasteiger charge is -2.42. The maximum atomic E-state index is 13.3. The summed E-state index contributed by atoms with van der Waals surface area (Å²) in [6, 6.07) is 4.76. The number of rotatable bonds is 3. The smallest absolute Gasteiger partial charge is 0.399 e. The summed E-state index contributed by atoms with van der Waals surface area (Å²) in [6.45, 7) is 2.42. The molecular weight excluding hydrogens is 279 g/mol. The van der Waals surface area contributed by atoms with Crippen molar-refractivity contribution in [3.8, 4) is 0 Å². The van der Waals surface area contributed by atoms with Crippen LogP contribution in [0, 0.1) is 5.41 Å². The molecule has 1 heterocycles. The molecule has 1 aromatic heterocycles. The molecule has 1 aliphatic rings. The maximum absolute atomic E-state index is 13.3. The monoisotopic (exact) mass is 297 g/mol. The summed E-state index contributed by atoms with van der Waals surface area (Å²) >= 11 is 0. The van der Waals surface area contributed by atoms with Crippen LogP contribution in [0.2, 0.25) is 0 Å². The van der Waals surface area contributed by atoms with E-state index in [4.69, 9.17) is 5.73 Å². The number of alkyl halides is 3. The zero-order valence-corrected chi connectivity index (χ0v) is 11.9. The van der Waals surface area contributed by atoms with Gasteiger partial charge in [0, 0.05) is 12.2 Å². The van der Waals surface area contributed by atoms with E-state index in [9.17, 15) is 13.2 Å². The number of benzene rings is 1. The minimum Gasteiger partial charge on any atom is -0.399 e. The molecule has 0 bridgehead atoms. The Morgan fingerprint density at radius 2 is 2.05 bits per heavy atom. The Bertz CT molecular complexity index is 663. The van der Waals surface area contributed by atoms with Gasteiger partial charge in [0.25, 0.3) is 0 Å². The van der Waals surface area contributed by atoms with Crippen molar-refractivity contribution >= 4 is 16.7 Å². The van der Waals surface area contributed by atoms with Gasteiger partial charge in [-0.05, 0) is 42.9 Å². The Balaban J connectivity index is 2.14. The molecule has 1 fully saturated rings. The molecule has 21 heavy (non-hydrogen) atoms. The molecule has 0 unspecified atom stereocenters. The van der Waals surface area contributed by atoms with Gasteiger partial charge in [0.05, 0.1) is 11.0 Å². The quantitative estimate of drug-likeness (QED) is 0.862. The van der Waals surface area contributed by atoms with Crippen molar-refractivity contribution in [2.75, 3.05) is 5.73 Å². The van der Waals surface area contributed by atoms with E-state index in [2.05, 4.69) is 4.98 Å². The van der Waals surface area contributed by atoms with Crippen molar-refractivity contribution in [2.24, 2.45) is 5.41 Å².